The third kappa shape index (κ3) is 2.42. The molecule has 1 heterocycles. The van der Waals surface area contributed by atoms with E-state index in [0.717, 1.165) is 17.1 Å². The lowest BCUT2D eigenvalue weighted by molar-refractivity contribution is 0.613. The quantitative estimate of drug-likeness (QED) is 0.880. The molecule has 1 aromatic carbocycles. The van der Waals surface area contributed by atoms with Crippen molar-refractivity contribution in [2.75, 3.05) is 5.32 Å². The van der Waals surface area contributed by atoms with Gasteiger partial charge in [0.2, 0.25) is 0 Å². The molecule has 2 rings (SSSR count). The van der Waals surface area contributed by atoms with Crippen LogP contribution < -0.4 is 5.32 Å². The summed E-state index contributed by atoms with van der Waals surface area (Å²) in [6.07, 6.45) is 0. The first kappa shape index (κ1) is 11.9. The number of rotatable bonds is 3. The fourth-order valence-electron chi connectivity index (χ4n) is 1.68. The Hall–Kier alpha value is -1.55. The van der Waals surface area contributed by atoms with E-state index in [9.17, 15) is 4.39 Å². The monoisotopic (exact) mass is 253 g/mol. The number of aromatic amines is 1. The maximum Gasteiger partial charge on any atom is 0.146 e. The van der Waals surface area contributed by atoms with Gasteiger partial charge in [-0.15, -0.1) is 0 Å². The zero-order valence-electron chi connectivity index (χ0n) is 9.64. The van der Waals surface area contributed by atoms with E-state index < -0.39 is 0 Å². The van der Waals surface area contributed by atoms with Gasteiger partial charge in [-0.2, -0.15) is 5.10 Å². The molecule has 5 heteroatoms. The molecule has 0 saturated carbocycles. The number of nitrogens with one attached hydrogen (secondary N) is 2. The molecule has 2 N–H and O–H groups in total. The number of anilines is 1. The largest absolute Gasteiger partial charge is 0.378 e. The topological polar surface area (TPSA) is 40.7 Å². The van der Waals surface area contributed by atoms with Crippen molar-refractivity contribution < 1.29 is 4.39 Å². The van der Waals surface area contributed by atoms with Crippen molar-refractivity contribution in [3.8, 4) is 0 Å². The smallest absolute Gasteiger partial charge is 0.146 e. The van der Waals surface area contributed by atoms with Crippen molar-refractivity contribution in [1.82, 2.24) is 10.2 Å². The average Bonchev–Trinajstić information content (AvgIpc) is 2.62. The lowest BCUT2D eigenvalue weighted by atomic mass is 10.2. The number of aryl methyl sites for hydroxylation is 2. The van der Waals surface area contributed by atoms with E-state index >= 15 is 0 Å². The third-order valence-electron chi connectivity index (χ3n) is 2.62. The van der Waals surface area contributed by atoms with Crippen LogP contribution in [0.3, 0.4) is 0 Å². The summed E-state index contributed by atoms with van der Waals surface area (Å²) in [5.74, 6) is -0.375. The van der Waals surface area contributed by atoms with E-state index in [1.165, 1.54) is 6.07 Å². The molecule has 0 aliphatic heterocycles. The summed E-state index contributed by atoms with van der Waals surface area (Å²) < 4.78 is 13.6. The Morgan fingerprint density at radius 3 is 2.82 bits per heavy atom. The normalized spacial score (nSPS) is 10.6. The van der Waals surface area contributed by atoms with E-state index in [2.05, 4.69) is 15.5 Å². The summed E-state index contributed by atoms with van der Waals surface area (Å²) >= 11 is 5.72. The van der Waals surface area contributed by atoms with Gasteiger partial charge in [0.15, 0.2) is 0 Å². The lowest BCUT2D eigenvalue weighted by Gasteiger charge is -2.08. The van der Waals surface area contributed by atoms with E-state index in [1.807, 2.05) is 13.8 Å². The minimum Gasteiger partial charge on any atom is -0.378 e. The zero-order valence-corrected chi connectivity index (χ0v) is 10.4. The fourth-order valence-corrected chi connectivity index (χ4v) is 1.87. The maximum atomic E-state index is 13.6. The van der Waals surface area contributed by atoms with Gasteiger partial charge in [0.1, 0.15) is 5.82 Å². The molecular weight excluding hydrogens is 241 g/mol. The van der Waals surface area contributed by atoms with Crippen LogP contribution in [0.2, 0.25) is 5.02 Å². The molecule has 17 heavy (non-hydrogen) atoms. The van der Waals surface area contributed by atoms with Crippen LogP contribution in [0.25, 0.3) is 0 Å². The van der Waals surface area contributed by atoms with E-state index in [1.54, 1.807) is 12.1 Å². The summed E-state index contributed by atoms with van der Waals surface area (Å²) in [7, 11) is 0. The standard InChI is InChI=1S/C12H13ClFN3/c1-7-12(8(2)17-16-7)15-6-9-4-3-5-10(13)11(9)14/h3-5,15H,6H2,1-2H3,(H,16,17). The molecule has 0 radical (unpaired) electrons. The second-order valence-corrected chi connectivity index (χ2v) is 4.28. The highest BCUT2D eigenvalue weighted by Gasteiger charge is 2.09. The van der Waals surface area contributed by atoms with Crippen molar-refractivity contribution in [3.63, 3.8) is 0 Å². The first-order chi connectivity index (χ1) is 8.09. The Morgan fingerprint density at radius 2 is 2.18 bits per heavy atom. The van der Waals surface area contributed by atoms with E-state index in [-0.39, 0.29) is 10.8 Å². The molecule has 90 valence electrons. The maximum absolute atomic E-state index is 13.6. The van der Waals surface area contributed by atoms with Gasteiger partial charge in [-0.25, -0.2) is 4.39 Å². The highest BCUT2D eigenvalue weighted by atomic mass is 35.5. The number of aromatic nitrogens is 2. The summed E-state index contributed by atoms with van der Waals surface area (Å²) in [4.78, 5) is 0. The summed E-state index contributed by atoms with van der Waals surface area (Å²) in [5.41, 5.74) is 3.25. The number of nitrogens with zero attached hydrogens (tertiary/aromatic N) is 1. The molecule has 3 nitrogen and oxygen atoms in total. The van der Waals surface area contributed by atoms with Crippen LogP contribution in [-0.4, -0.2) is 10.2 Å². The van der Waals surface area contributed by atoms with Crippen molar-refractivity contribution in [1.29, 1.82) is 0 Å². The van der Waals surface area contributed by atoms with Crippen LogP contribution in [0.5, 0.6) is 0 Å². The molecule has 0 spiro atoms. The molecule has 0 aliphatic rings. The predicted molar refractivity (Wildman–Crippen MR) is 66.8 cm³/mol. The highest BCUT2D eigenvalue weighted by Crippen LogP contribution is 2.21. The minimum absolute atomic E-state index is 0.143. The molecule has 0 bridgehead atoms. The van der Waals surface area contributed by atoms with Crippen LogP contribution in [0.4, 0.5) is 10.1 Å². The number of hydrogen-bond acceptors (Lipinski definition) is 2. The Morgan fingerprint density at radius 1 is 1.41 bits per heavy atom. The van der Waals surface area contributed by atoms with Crippen molar-refractivity contribution >= 4 is 17.3 Å². The first-order valence-electron chi connectivity index (χ1n) is 5.28. The number of halogens is 2. The Bertz CT molecular complexity index is 517. The van der Waals surface area contributed by atoms with Crippen LogP contribution in [-0.2, 0) is 6.54 Å². The summed E-state index contributed by atoms with van der Waals surface area (Å²) in [5, 5.41) is 10.2. The van der Waals surface area contributed by atoms with Gasteiger partial charge in [0.25, 0.3) is 0 Å². The average molecular weight is 254 g/mol. The second-order valence-electron chi connectivity index (χ2n) is 3.88. The fraction of sp³-hybridized carbons (Fsp3) is 0.250. The minimum atomic E-state index is -0.375. The summed E-state index contributed by atoms with van der Waals surface area (Å²) in [6.45, 7) is 4.18. The van der Waals surface area contributed by atoms with E-state index in [4.69, 9.17) is 11.6 Å². The zero-order chi connectivity index (χ0) is 12.4. The van der Waals surface area contributed by atoms with E-state index in [0.29, 0.717) is 12.1 Å². The van der Waals surface area contributed by atoms with Gasteiger partial charge in [0.05, 0.1) is 22.1 Å². The van der Waals surface area contributed by atoms with Crippen LogP contribution >= 0.6 is 11.6 Å². The van der Waals surface area contributed by atoms with Crippen LogP contribution in [0.1, 0.15) is 17.0 Å². The molecule has 0 atom stereocenters. The van der Waals surface area contributed by atoms with Gasteiger partial charge >= 0.3 is 0 Å². The second kappa shape index (κ2) is 4.75. The van der Waals surface area contributed by atoms with Gasteiger partial charge < -0.3 is 5.32 Å². The highest BCUT2D eigenvalue weighted by molar-refractivity contribution is 6.30. The molecular formula is C12H13ClFN3. The number of benzene rings is 1. The van der Waals surface area contributed by atoms with Crippen molar-refractivity contribution in [2.24, 2.45) is 0 Å². The van der Waals surface area contributed by atoms with Gasteiger partial charge in [-0.05, 0) is 19.9 Å². The molecule has 0 fully saturated rings. The Kier molecular flexibility index (Phi) is 3.33. The van der Waals surface area contributed by atoms with Gasteiger partial charge in [0, 0.05) is 12.1 Å². The SMILES string of the molecule is Cc1n[nH]c(C)c1NCc1cccc(Cl)c1F. The van der Waals surface area contributed by atoms with Gasteiger partial charge in [-0.1, -0.05) is 23.7 Å². The Balaban J connectivity index is 2.15. The predicted octanol–water partition coefficient (Wildman–Crippen LogP) is 3.43. The molecule has 2 aromatic rings. The van der Waals surface area contributed by atoms with Gasteiger partial charge in [-0.3, -0.25) is 5.10 Å². The van der Waals surface area contributed by atoms with Crippen molar-refractivity contribution in [2.45, 2.75) is 20.4 Å². The van der Waals surface area contributed by atoms with Crippen molar-refractivity contribution in [3.05, 3.63) is 46.0 Å². The van der Waals surface area contributed by atoms with Crippen LogP contribution in [0, 0.1) is 19.7 Å². The third-order valence-corrected chi connectivity index (χ3v) is 2.91. The molecule has 0 saturated heterocycles. The lowest BCUT2D eigenvalue weighted by Crippen LogP contribution is -2.03. The molecule has 0 amide bonds. The Labute approximate surface area is 104 Å². The number of H-pyrrole nitrogens is 1. The molecule has 0 aliphatic carbocycles. The number of hydrogen-bond donors (Lipinski definition) is 2. The first-order valence-corrected chi connectivity index (χ1v) is 5.65. The molecule has 0 unspecified atom stereocenters. The summed E-state index contributed by atoms with van der Waals surface area (Å²) in [6, 6.07) is 4.98. The van der Waals surface area contributed by atoms with Crippen LogP contribution in [0.15, 0.2) is 18.2 Å². The molecule has 1 aromatic heterocycles.